The fourth-order valence-corrected chi connectivity index (χ4v) is 1.79. The van der Waals surface area contributed by atoms with E-state index in [2.05, 4.69) is 15.7 Å². The number of nitrogens with two attached hydrogens (primary N) is 1. The maximum atomic E-state index is 10.8. The number of benzene rings is 1. The summed E-state index contributed by atoms with van der Waals surface area (Å²) < 4.78 is 0. The Morgan fingerprint density at radius 3 is 2.75 bits per heavy atom. The first-order valence-corrected chi connectivity index (χ1v) is 6.00. The van der Waals surface area contributed by atoms with E-state index in [9.17, 15) is 10.1 Å². The smallest absolute Gasteiger partial charge is 0.273 e. The summed E-state index contributed by atoms with van der Waals surface area (Å²) in [4.78, 5) is 14.6. The van der Waals surface area contributed by atoms with Gasteiger partial charge in [0.05, 0.1) is 22.8 Å². The molecule has 0 saturated heterocycles. The molecule has 0 fully saturated rings. The molecule has 0 radical (unpaired) electrons. The van der Waals surface area contributed by atoms with Gasteiger partial charge in [0.2, 0.25) is 0 Å². The quantitative estimate of drug-likeness (QED) is 0.438. The summed E-state index contributed by atoms with van der Waals surface area (Å²) in [5.41, 5.74) is 5.41. The molecule has 4 N–H and O–H groups in total. The molecule has 0 aliphatic heterocycles. The van der Waals surface area contributed by atoms with E-state index in [1.165, 1.54) is 12.1 Å². The van der Waals surface area contributed by atoms with Crippen LogP contribution >= 0.6 is 0 Å². The largest absolute Gasteiger partial charge is 0.379 e. The number of aryl methyl sites for hydroxylation is 1. The van der Waals surface area contributed by atoms with E-state index in [0.717, 1.165) is 11.3 Å². The number of aromatic nitrogens is 1. The van der Waals surface area contributed by atoms with Gasteiger partial charge in [-0.05, 0) is 24.6 Å². The van der Waals surface area contributed by atoms with Crippen LogP contribution in [0.4, 0.5) is 17.1 Å². The maximum Gasteiger partial charge on any atom is 0.273 e. The Morgan fingerprint density at radius 1 is 1.35 bits per heavy atom. The van der Waals surface area contributed by atoms with Gasteiger partial charge in [0.15, 0.2) is 0 Å². The van der Waals surface area contributed by atoms with Gasteiger partial charge in [-0.25, -0.2) is 0 Å². The van der Waals surface area contributed by atoms with Gasteiger partial charge < -0.3 is 10.7 Å². The molecule has 2 aromatic rings. The van der Waals surface area contributed by atoms with E-state index in [4.69, 9.17) is 5.84 Å². The molecule has 104 valence electrons. The summed E-state index contributed by atoms with van der Waals surface area (Å²) in [6, 6.07) is 8.36. The van der Waals surface area contributed by atoms with Crippen molar-refractivity contribution < 1.29 is 4.92 Å². The van der Waals surface area contributed by atoms with Crippen molar-refractivity contribution in [1.29, 1.82) is 0 Å². The molecule has 1 aromatic heterocycles. The number of hydrogen-bond acceptors (Lipinski definition) is 6. The number of nitrogens with one attached hydrogen (secondary N) is 2. The van der Waals surface area contributed by atoms with Gasteiger partial charge in [0.25, 0.3) is 5.69 Å². The van der Waals surface area contributed by atoms with E-state index in [1.54, 1.807) is 12.3 Å². The monoisotopic (exact) mass is 273 g/mol. The molecule has 7 heteroatoms. The van der Waals surface area contributed by atoms with Gasteiger partial charge in [-0.1, -0.05) is 6.07 Å². The minimum absolute atomic E-state index is 0.0271. The summed E-state index contributed by atoms with van der Waals surface area (Å²) in [5.74, 6) is 5.31. The Balaban J connectivity index is 2.19. The number of anilines is 2. The lowest BCUT2D eigenvalue weighted by atomic mass is 10.2. The Bertz CT molecular complexity index is 630. The first-order chi connectivity index (χ1) is 9.60. The van der Waals surface area contributed by atoms with Crippen LogP contribution in [-0.2, 0) is 6.54 Å². The average Bonchev–Trinajstić information content (AvgIpc) is 2.46. The second kappa shape index (κ2) is 5.98. The Morgan fingerprint density at radius 2 is 2.10 bits per heavy atom. The number of nitro benzene ring substituents is 1. The van der Waals surface area contributed by atoms with Crippen molar-refractivity contribution in [3.8, 4) is 0 Å². The highest BCUT2D eigenvalue weighted by molar-refractivity contribution is 5.63. The lowest BCUT2D eigenvalue weighted by molar-refractivity contribution is -0.384. The molecule has 1 aromatic carbocycles. The molecule has 0 bridgehead atoms. The zero-order valence-corrected chi connectivity index (χ0v) is 11.0. The average molecular weight is 273 g/mol. The first-order valence-electron chi connectivity index (χ1n) is 6.00. The highest BCUT2D eigenvalue weighted by atomic mass is 16.6. The van der Waals surface area contributed by atoms with Gasteiger partial charge in [-0.15, -0.1) is 0 Å². The number of nitrogen functional groups attached to an aromatic ring is 1. The standard InChI is InChI=1S/C13H15N5O2/c1-9-3-2-4-15-13(9)8-16-10-5-11(17-14)7-12(6-10)18(19)20/h2-7,16-17H,8,14H2,1H3. The Hall–Kier alpha value is -2.67. The molecule has 0 saturated carbocycles. The molecule has 0 unspecified atom stereocenters. The van der Waals surface area contributed by atoms with Crippen molar-refractivity contribution in [2.24, 2.45) is 5.84 Å². The van der Waals surface area contributed by atoms with Crippen LogP contribution in [-0.4, -0.2) is 9.91 Å². The third-order valence-corrected chi connectivity index (χ3v) is 2.87. The number of non-ortho nitro benzene ring substituents is 1. The van der Waals surface area contributed by atoms with E-state index < -0.39 is 4.92 Å². The molecule has 2 rings (SSSR count). The van der Waals surface area contributed by atoms with Crippen LogP contribution in [0.3, 0.4) is 0 Å². The number of pyridine rings is 1. The molecule has 0 atom stereocenters. The Labute approximate surface area is 116 Å². The molecular formula is C13H15N5O2. The highest BCUT2D eigenvalue weighted by Crippen LogP contribution is 2.24. The van der Waals surface area contributed by atoms with Crippen molar-refractivity contribution in [3.63, 3.8) is 0 Å². The number of hydrazine groups is 1. The van der Waals surface area contributed by atoms with Gasteiger partial charge in [-0.3, -0.25) is 20.9 Å². The van der Waals surface area contributed by atoms with Gasteiger partial charge in [-0.2, -0.15) is 0 Å². The van der Waals surface area contributed by atoms with Crippen LogP contribution in [0.15, 0.2) is 36.5 Å². The topological polar surface area (TPSA) is 106 Å². The third kappa shape index (κ3) is 3.21. The molecule has 0 aliphatic carbocycles. The fraction of sp³-hybridized carbons (Fsp3) is 0.154. The molecule has 20 heavy (non-hydrogen) atoms. The summed E-state index contributed by atoms with van der Waals surface area (Å²) in [6.45, 7) is 2.45. The lowest BCUT2D eigenvalue weighted by Gasteiger charge is -2.09. The van der Waals surface area contributed by atoms with Crippen molar-refractivity contribution in [3.05, 3.63) is 57.9 Å². The summed E-state index contributed by atoms with van der Waals surface area (Å²) in [6.07, 6.45) is 1.71. The van der Waals surface area contributed by atoms with Crippen LogP contribution in [0, 0.1) is 17.0 Å². The Kier molecular flexibility index (Phi) is 4.11. The minimum atomic E-state index is -0.460. The number of hydrogen-bond donors (Lipinski definition) is 3. The van der Waals surface area contributed by atoms with E-state index in [-0.39, 0.29) is 5.69 Å². The van der Waals surface area contributed by atoms with Gasteiger partial charge in [0.1, 0.15) is 0 Å². The normalized spacial score (nSPS) is 10.1. The van der Waals surface area contributed by atoms with Crippen LogP contribution in [0.2, 0.25) is 0 Å². The second-order valence-corrected chi connectivity index (χ2v) is 4.29. The maximum absolute atomic E-state index is 10.8. The van der Waals surface area contributed by atoms with E-state index in [1.807, 2.05) is 19.1 Å². The van der Waals surface area contributed by atoms with Crippen LogP contribution in [0.25, 0.3) is 0 Å². The highest BCUT2D eigenvalue weighted by Gasteiger charge is 2.09. The second-order valence-electron chi connectivity index (χ2n) is 4.29. The zero-order valence-electron chi connectivity index (χ0n) is 11.0. The van der Waals surface area contributed by atoms with Crippen molar-refractivity contribution in [1.82, 2.24) is 4.98 Å². The van der Waals surface area contributed by atoms with Gasteiger partial charge in [0, 0.05) is 24.0 Å². The van der Waals surface area contributed by atoms with Gasteiger partial charge >= 0.3 is 0 Å². The molecule has 1 heterocycles. The molecule has 7 nitrogen and oxygen atoms in total. The van der Waals surface area contributed by atoms with Crippen molar-refractivity contribution in [2.45, 2.75) is 13.5 Å². The number of nitro groups is 1. The first kappa shape index (κ1) is 13.8. The lowest BCUT2D eigenvalue weighted by Crippen LogP contribution is -2.09. The van der Waals surface area contributed by atoms with Crippen molar-refractivity contribution >= 4 is 17.1 Å². The number of nitrogens with zero attached hydrogens (tertiary/aromatic N) is 2. The molecular weight excluding hydrogens is 258 g/mol. The van der Waals surface area contributed by atoms with Crippen LogP contribution in [0.5, 0.6) is 0 Å². The van der Waals surface area contributed by atoms with E-state index in [0.29, 0.717) is 17.9 Å². The summed E-state index contributed by atoms with van der Waals surface area (Å²) in [7, 11) is 0. The summed E-state index contributed by atoms with van der Waals surface area (Å²) in [5, 5.41) is 14.0. The third-order valence-electron chi connectivity index (χ3n) is 2.87. The molecule has 0 aliphatic rings. The van der Waals surface area contributed by atoms with Crippen molar-refractivity contribution in [2.75, 3.05) is 10.7 Å². The van der Waals surface area contributed by atoms with E-state index >= 15 is 0 Å². The molecule has 0 spiro atoms. The predicted molar refractivity (Wildman–Crippen MR) is 77.2 cm³/mol. The van der Waals surface area contributed by atoms with Crippen LogP contribution in [0.1, 0.15) is 11.3 Å². The summed E-state index contributed by atoms with van der Waals surface area (Å²) >= 11 is 0. The minimum Gasteiger partial charge on any atom is -0.379 e. The predicted octanol–water partition coefficient (Wildman–Crippen LogP) is 2.20. The fourth-order valence-electron chi connectivity index (χ4n) is 1.79. The number of rotatable bonds is 5. The van der Waals surface area contributed by atoms with Crippen LogP contribution < -0.4 is 16.6 Å². The SMILES string of the molecule is Cc1cccnc1CNc1cc(NN)cc([N+](=O)[O-])c1. The zero-order chi connectivity index (χ0) is 14.5. The molecule has 0 amide bonds.